The molecule has 1 aromatic heterocycles. The predicted molar refractivity (Wildman–Crippen MR) is 66.9 cm³/mol. The Morgan fingerprint density at radius 2 is 2.06 bits per heavy atom. The number of furan rings is 1. The summed E-state index contributed by atoms with van der Waals surface area (Å²) in [5, 5.41) is 2.63. The first-order valence-electron chi connectivity index (χ1n) is 5.77. The van der Waals surface area contributed by atoms with E-state index in [-0.39, 0.29) is 6.10 Å². The molecule has 0 aliphatic carbocycles. The molecular formula is C14H15NO3. The van der Waals surface area contributed by atoms with Crippen LogP contribution in [0.25, 0.3) is 0 Å². The number of nitrogens with one attached hydrogen (secondary N) is 1. The molecule has 0 spiro atoms. The molecule has 0 saturated heterocycles. The third-order valence-corrected chi connectivity index (χ3v) is 2.54. The molecule has 1 heterocycles. The Morgan fingerprint density at radius 3 is 2.72 bits per heavy atom. The van der Waals surface area contributed by atoms with Gasteiger partial charge >= 0.3 is 6.09 Å². The fourth-order valence-corrected chi connectivity index (χ4v) is 1.57. The maximum absolute atomic E-state index is 11.5. The van der Waals surface area contributed by atoms with E-state index in [1.165, 1.54) is 0 Å². The molecule has 4 heteroatoms. The molecule has 2 aromatic rings. The maximum Gasteiger partial charge on any atom is 0.408 e. The van der Waals surface area contributed by atoms with Crippen LogP contribution in [0.2, 0.25) is 0 Å². The SMILES string of the molecule is C[C@H](OC(=O)NCc1ccco1)c1ccccc1. The topological polar surface area (TPSA) is 51.5 Å². The molecule has 0 saturated carbocycles. The van der Waals surface area contributed by atoms with Crippen LogP contribution < -0.4 is 5.32 Å². The molecule has 18 heavy (non-hydrogen) atoms. The Balaban J connectivity index is 1.80. The first-order chi connectivity index (χ1) is 8.75. The quantitative estimate of drug-likeness (QED) is 0.899. The molecule has 0 radical (unpaired) electrons. The number of rotatable bonds is 4. The van der Waals surface area contributed by atoms with Crippen molar-refractivity contribution in [2.24, 2.45) is 0 Å². The average molecular weight is 245 g/mol. The Hall–Kier alpha value is -2.23. The second kappa shape index (κ2) is 5.91. The normalized spacial score (nSPS) is 11.8. The molecule has 4 nitrogen and oxygen atoms in total. The number of ether oxygens (including phenoxy) is 1. The van der Waals surface area contributed by atoms with Crippen molar-refractivity contribution >= 4 is 6.09 Å². The van der Waals surface area contributed by atoms with Gasteiger partial charge in [0, 0.05) is 0 Å². The highest BCUT2D eigenvalue weighted by molar-refractivity contribution is 5.67. The van der Waals surface area contributed by atoms with Gasteiger partial charge in [-0.15, -0.1) is 0 Å². The van der Waals surface area contributed by atoms with Gasteiger partial charge < -0.3 is 14.5 Å². The van der Waals surface area contributed by atoms with E-state index in [9.17, 15) is 4.79 Å². The van der Waals surface area contributed by atoms with E-state index < -0.39 is 6.09 Å². The number of carbonyl (C=O) groups is 1. The Labute approximate surface area is 106 Å². The standard InChI is InChI=1S/C14H15NO3/c1-11(12-6-3-2-4-7-12)18-14(16)15-10-13-8-5-9-17-13/h2-9,11H,10H2,1H3,(H,15,16)/t11-/m0/s1. The highest BCUT2D eigenvalue weighted by atomic mass is 16.6. The van der Waals surface area contributed by atoms with Gasteiger partial charge in [0.05, 0.1) is 12.8 Å². The monoisotopic (exact) mass is 245 g/mol. The maximum atomic E-state index is 11.5. The van der Waals surface area contributed by atoms with Crippen LogP contribution in [0.1, 0.15) is 24.4 Å². The van der Waals surface area contributed by atoms with Gasteiger partial charge in [-0.05, 0) is 24.6 Å². The summed E-state index contributed by atoms with van der Waals surface area (Å²) >= 11 is 0. The Bertz CT molecular complexity index is 479. The molecule has 0 unspecified atom stereocenters. The minimum Gasteiger partial charge on any atom is -0.467 e. The van der Waals surface area contributed by atoms with Gasteiger partial charge in [-0.3, -0.25) is 0 Å². The lowest BCUT2D eigenvalue weighted by Gasteiger charge is -2.13. The van der Waals surface area contributed by atoms with Gasteiger partial charge in [-0.1, -0.05) is 30.3 Å². The number of carbonyl (C=O) groups excluding carboxylic acids is 1. The van der Waals surface area contributed by atoms with Gasteiger partial charge in [0.25, 0.3) is 0 Å². The van der Waals surface area contributed by atoms with Crippen LogP contribution in [-0.2, 0) is 11.3 Å². The van der Waals surface area contributed by atoms with Gasteiger partial charge in [0.15, 0.2) is 0 Å². The summed E-state index contributed by atoms with van der Waals surface area (Å²) in [6, 6.07) is 13.2. The van der Waals surface area contributed by atoms with Crippen molar-refractivity contribution in [2.45, 2.75) is 19.6 Å². The molecule has 2 rings (SSSR count). The van der Waals surface area contributed by atoms with Crippen molar-refractivity contribution < 1.29 is 13.9 Å². The van der Waals surface area contributed by atoms with Gasteiger partial charge in [-0.2, -0.15) is 0 Å². The lowest BCUT2D eigenvalue weighted by molar-refractivity contribution is 0.106. The Kier molecular flexibility index (Phi) is 4.02. The summed E-state index contributed by atoms with van der Waals surface area (Å²) in [6.45, 7) is 2.16. The zero-order chi connectivity index (χ0) is 12.8. The van der Waals surface area contributed by atoms with Crippen LogP contribution in [0.5, 0.6) is 0 Å². The van der Waals surface area contributed by atoms with E-state index in [1.54, 1.807) is 18.4 Å². The van der Waals surface area contributed by atoms with Crippen LogP contribution in [0.15, 0.2) is 53.1 Å². The summed E-state index contributed by atoms with van der Waals surface area (Å²) in [4.78, 5) is 11.5. The molecular weight excluding hydrogens is 230 g/mol. The summed E-state index contributed by atoms with van der Waals surface area (Å²) < 4.78 is 10.3. The van der Waals surface area contributed by atoms with E-state index in [0.29, 0.717) is 12.3 Å². The fourth-order valence-electron chi connectivity index (χ4n) is 1.57. The van der Waals surface area contributed by atoms with E-state index in [0.717, 1.165) is 5.56 Å². The van der Waals surface area contributed by atoms with Crippen molar-refractivity contribution in [3.63, 3.8) is 0 Å². The molecule has 0 aliphatic heterocycles. The second-order valence-corrected chi connectivity index (χ2v) is 3.89. The number of hydrogen-bond donors (Lipinski definition) is 1. The van der Waals surface area contributed by atoms with Crippen LogP contribution in [0, 0.1) is 0 Å². The lowest BCUT2D eigenvalue weighted by atomic mass is 10.1. The number of benzene rings is 1. The molecule has 0 aliphatic rings. The van der Waals surface area contributed by atoms with E-state index in [4.69, 9.17) is 9.15 Å². The van der Waals surface area contributed by atoms with E-state index in [1.807, 2.05) is 37.3 Å². The van der Waals surface area contributed by atoms with Gasteiger partial charge in [-0.25, -0.2) is 4.79 Å². The van der Waals surface area contributed by atoms with E-state index in [2.05, 4.69) is 5.32 Å². The zero-order valence-electron chi connectivity index (χ0n) is 10.1. The van der Waals surface area contributed by atoms with Crippen molar-refractivity contribution in [1.82, 2.24) is 5.32 Å². The fraction of sp³-hybridized carbons (Fsp3) is 0.214. The predicted octanol–water partition coefficient (Wildman–Crippen LogP) is 3.27. The average Bonchev–Trinajstić information content (AvgIpc) is 2.90. The highest BCUT2D eigenvalue weighted by Gasteiger charge is 2.10. The number of alkyl carbamates (subject to hydrolysis) is 1. The van der Waals surface area contributed by atoms with Crippen molar-refractivity contribution in [3.8, 4) is 0 Å². The number of amides is 1. The van der Waals surface area contributed by atoms with Crippen molar-refractivity contribution in [3.05, 3.63) is 60.1 Å². The summed E-state index contributed by atoms with van der Waals surface area (Å²) in [6.07, 6.45) is 0.833. The minimum atomic E-state index is -0.456. The molecule has 0 bridgehead atoms. The molecule has 1 atom stereocenters. The molecule has 0 fully saturated rings. The van der Waals surface area contributed by atoms with Crippen molar-refractivity contribution in [1.29, 1.82) is 0 Å². The first kappa shape index (κ1) is 12.2. The van der Waals surface area contributed by atoms with Crippen LogP contribution in [0.3, 0.4) is 0 Å². The van der Waals surface area contributed by atoms with Gasteiger partial charge in [0.1, 0.15) is 11.9 Å². The number of hydrogen-bond acceptors (Lipinski definition) is 3. The third kappa shape index (κ3) is 3.38. The highest BCUT2D eigenvalue weighted by Crippen LogP contribution is 2.15. The first-order valence-corrected chi connectivity index (χ1v) is 5.77. The third-order valence-electron chi connectivity index (χ3n) is 2.54. The van der Waals surface area contributed by atoms with Crippen LogP contribution in [-0.4, -0.2) is 6.09 Å². The summed E-state index contributed by atoms with van der Waals surface area (Å²) in [7, 11) is 0. The molecule has 1 aromatic carbocycles. The lowest BCUT2D eigenvalue weighted by Crippen LogP contribution is -2.24. The smallest absolute Gasteiger partial charge is 0.408 e. The summed E-state index contributed by atoms with van der Waals surface area (Å²) in [5.74, 6) is 0.694. The van der Waals surface area contributed by atoms with Crippen LogP contribution in [0.4, 0.5) is 4.79 Å². The van der Waals surface area contributed by atoms with Crippen LogP contribution >= 0.6 is 0 Å². The Morgan fingerprint density at radius 1 is 1.28 bits per heavy atom. The summed E-state index contributed by atoms with van der Waals surface area (Å²) in [5.41, 5.74) is 0.964. The van der Waals surface area contributed by atoms with Gasteiger partial charge in [0.2, 0.25) is 0 Å². The molecule has 94 valence electrons. The zero-order valence-corrected chi connectivity index (χ0v) is 10.1. The molecule has 1 N–H and O–H groups in total. The molecule has 1 amide bonds. The second-order valence-electron chi connectivity index (χ2n) is 3.89. The minimum absolute atomic E-state index is 0.275. The largest absolute Gasteiger partial charge is 0.467 e. The van der Waals surface area contributed by atoms with Crippen molar-refractivity contribution in [2.75, 3.05) is 0 Å². The van der Waals surface area contributed by atoms with E-state index >= 15 is 0 Å².